The van der Waals surface area contributed by atoms with Crippen LogP contribution in [0, 0.1) is 0 Å². The lowest BCUT2D eigenvalue weighted by Crippen LogP contribution is -2.21. The smallest absolute Gasteiger partial charge is 0.267 e. The van der Waals surface area contributed by atoms with E-state index < -0.39 is 0 Å². The summed E-state index contributed by atoms with van der Waals surface area (Å²) in [6.45, 7) is 1.80. The maximum Gasteiger partial charge on any atom is 0.280 e. The Morgan fingerprint density at radius 1 is 1.09 bits per heavy atom. The Hall–Kier alpha value is -2.10. The van der Waals surface area contributed by atoms with Gasteiger partial charge in [0.2, 0.25) is 0 Å². The van der Waals surface area contributed by atoms with E-state index in [1.54, 1.807) is 43.3 Å². The van der Waals surface area contributed by atoms with E-state index >= 15 is 0 Å². The van der Waals surface area contributed by atoms with Crippen molar-refractivity contribution < 1.29 is 4.79 Å². The molecule has 2 aromatic rings. The lowest BCUT2D eigenvalue weighted by atomic mass is 10.1. The number of nitrogens with zero attached hydrogens (tertiary/aromatic N) is 2. The van der Waals surface area contributed by atoms with Crippen molar-refractivity contribution in [3.8, 4) is 0 Å². The van der Waals surface area contributed by atoms with Crippen LogP contribution >= 0.6 is 23.2 Å². The minimum atomic E-state index is -0.195. The molecule has 3 nitrogen and oxygen atoms in total. The first-order valence-corrected chi connectivity index (χ1v) is 7.43. The highest BCUT2D eigenvalue weighted by Crippen LogP contribution is 2.28. The second kappa shape index (κ2) is 5.95. The van der Waals surface area contributed by atoms with E-state index in [2.05, 4.69) is 5.10 Å². The fourth-order valence-corrected chi connectivity index (χ4v) is 2.59. The van der Waals surface area contributed by atoms with E-state index in [9.17, 15) is 4.79 Å². The van der Waals surface area contributed by atoms with Crippen molar-refractivity contribution in [1.82, 2.24) is 0 Å². The van der Waals surface area contributed by atoms with Crippen molar-refractivity contribution in [1.29, 1.82) is 0 Å². The minimum Gasteiger partial charge on any atom is -0.267 e. The molecular formula is C17H12Cl2N2O. The molecule has 1 aliphatic heterocycles. The molecule has 1 heterocycles. The summed E-state index contributed by atoms with van der Waals surface area (Å²) in [7, 11) is 0. The molecule has 5 heteroatoms. The molecular weight excluding hydrogens is 319 g/mol. The number of benzene rings is 2. The van der Waals surface area contributed by atoms with Gasteiger partial charge in [-0.05, 0) is 42.8 Å². The van der Waals surface area contributed by atoms with E-state index in [1.165, 1.54) is 5.01 Å². The van der Waals surface area contributed by atoms with Crippen LogP contribution in [0.4, 0.5) is 5.69 Å². The molecule has 0 unspecified atom stereocenters. The van der Waals surface area contributed by atoms with Gasteiger partial charge < -0.3 is 0 Å². The first-order chi connectivity index (χ1) is 10.6. The van der Waals surface area contributed by atoms with Crippen LogP contribution in [0.5, 0.6) is 0 Å². The van der Waals surface area contributed by atoms with E-state index in [0.717, 1.165) is 5.56 Å². The standard InChI is InChI=1S/C17H12Cl2N2O/c1-11-15(9-12-5-2-3-8-16(12)19)17(22)21(20-11)14-7-4-6-13(18)10-14/h2-10H,1H3/b15-9-. The summed E-state index contributed by atoms with van der Waals surface area (Å²) in [4.78, 5) is 12.6. The van der Waals surface area contributed by atoms with E-state index in [1.807, 2.05) is 18.2 Å². The van der Waals surface area contributed by atoms with Crippen LogP contribution in [-0.2, 0) is 4.79 Å². The van der Waals surface area contributed by atoms with Gasteiger partial charge in [0.15, 0.2) is 0 Å². The Kier molecular flexibility index (Phi) is 4.01. The number of amides is 1. The maximum atomic E-state index is 12.6. The number of rotatable bonds is 2. The number of hydrogen-bond donors (Lipinski definition) is 0. The molecule has 3 rings (SSSR count). The highest BCUT2D eigenvalue weighted by Gasteiger charge is 2.28. The van der Waals surface area contributed by atoms with Gasteiger partial charge in [-0.2, -0.15) is 10.1 Å². The maximum absolute atomic E-state index is 12.6. The molecule has 0 radical (unpaired) electrons. The van der Waals surface area contributed by atoms with Gasteiger partial charge in [-0.25, -0.2) is 0 Å². The molecule has 0 bridgehead atoms. The highest BCUT2D eigenvalue weighted by atomic mass is 35.5. The highest BCUT2D eigenvalue weighted by molar-refractivity contribution is 6.35. The van der Waals surface area contributed by atoms with Crippen molar-refractivity contribution >= 4 is 46.6 Å². The summed E-state index contributed by atoms with van der Waals surface area (Å²) < 4.78 is 0. The molecule has 110 valence electrons. The molecule has 0 aromatic heterocycles. The van der Waals surface area contributed by atoms with Gasteiger partial charge in [0.1, 0.15) is 0 Å². The van der Waals surface area contributed by atoms with Crippen molar-refractivity contribution in [2.75, 3.05) is 5.01 Å². The van der Waals surface area contributed by atoms with E-state index in [-0.39, 0.29) is 5.91 Å². The van der Waals surface area contributed by atoms with E-state index in [4.69, 9.17) is 23.2 Å². The predicted octanol–water partition coefficient (Wildman–Crippen LogP) is 4.80. The Bertz CT molecular complexity index is 812. The summed E-state index contributed by atoms with van der Waals surface area (Å²) in [6, 6.07) is 14.4. The van der Waals surface area contributed by atoms with Crippen LogP contribution in [0.2, 0.25) is 10.0 Å². The van der Waals surface area contributed by atoms with Gasteiger partial charge in [-0.3, -0.25) is 4.79 Å². The van der Waals surface area contributed by atoms with Crippen LogP contribution in [0.15, 0.2) is 59.2 Å². The topological polar surface area (TPSA) is 32.7 Å². The average Bonchev–Trinajstić information content (AvgIpc) is 2.77. The fourth-order valence-electron chi connectivity index (χ4n) is 2.21. The summed E-state index contributed by atoms with van der Waals surface area (Å²) in [5.41, 5.74) is 2.59. The lowest BCUT2D eigenvalue weighted by Gasteiger charge is -2.11. The molecule has 1 aliphatic rings. The van der Waals surface area contributed by atoms with Crippen molar-refractivity contribution in [3.05, 3.63) is 69.7 Å². The molecule has 0 atom stereocenters. The number of anilines is 1. The van der Waals surface area contributed by atoms with Gasteiger partial charge in [0, 0.05) is 10.0 Å². The summed E-state index contributed by atoms with van der Waals surface area (Å²) in [5, 5.41) is 6.82. The third kappa shape index (κ3) is 2.78. The normalized spacial score (nSPS) is 16.3. The van der Waals surface area contributed by atoms with Gasteiger partial charge in [-0.15, -0.1) is 0 Å². The van der Waals surface area contributed by atoms with Gasteiger partial charge in [0.05, 0.1) is 17.0 Å². The Labute approximate surface area is 138 Å². The van der Waals surface area contributed by atoms with Gasteiger partial charge in [0.25, 0.3) is 5.91 Å². The number of hydrazone groups is 1. The molecule has 0 spiro atoms. The molecule has 0 saturated heterocycles. The largest absolute Gasteiger partial charge is 0.280 e. The molecule has 0 aliphatic carbocycles. The number of hydrogen-bond acceptors (Lipinski definition) is 2. The molecule has 22 heavy (non-hydrogen) atoms. The van der Waals surface area contributed by atoms with Crippen LogP contribution < -0.4 is 5.01 Å². The molecule has 2 aromatic carbocycles. The summed E-state index contributed by atoms with van der Waals surface area (Å²) in [5.74, 6) is -0.195. The number of halogens is 2. The number of carbonyl (C=O) groups is 1. The Morgan fingerprint density at radius 2 is 1.86 bits per heavy atom. The second-order valence-electron chi connectivity index (χ2n) is 4.86. The summed E-state index contributed by atoms with van der Waals surface area (Å²) in [6.07, 6.45) is 1.76. The minimum absolute atomic E-state index is 0.195. The van der Waals surface area contributed by atoms with Crippen LogP contribution in [0.3, 0.4) is 0 Å². The third-order valence-corrected chi connectivity index (χ3v) is 3.90. The van der Waals surface area contributed by atoms with Crippen molar-refractivity contribution in [2.45, 2.75) is 6.92 Å². The molecule has 0 N–H and O–H groups in total. The second-order valence-corrected chi connectivity index (χ2v) is 5.71. The first kappa shape index (κ1) is 14.8. The lowest BCUT2D eigenvalue weighted by molar-refractivity contribution is -0.114. The summed E-state index contributed by atoms with van der Waals surface area (Å²) >= 11 is 12.1. The zero-order valence-electron chi connectivity index (χ0n) is 11.8. The fraction of sp³-hybridized carbons (Fsp3) is 0.0588. The van der Waals surface area contributed by atoms with E-state index in [0.29, 0.717) is 27.0 Å². The SMILES string of the molecule is CC1=NN(c2cccc(Cl)c2)C(=O)/C1=C\c1ccccc1Cl. The number of carbonyl (C=O) groups excluding carboxylic acids is 1. The molecule has 0 fully saturated rings. The van der Waals surface area contributed by atoms with Crippen LogP contribution in [0.1, 0.15) is 12.5 Å². The Morgan fingerprint density at radius 3 is 2.59 bits per heavy atom. The zero-order valence-corrected chi connectivity index (χ0v) is 13.3. The monoisotopic (exact) mass is 330 g/mol. The Balaban J connectivity index is 1.99. The average molecular weight is 331 g/mol. The van der Waals surface area contributed by atoms with Crippen LogP contribution in [-0.4, -0.2) is 11.6 Å². The van der Waals surface area contributed by atoms with Gasteiger partial charge in [-0.1, -0.05) is 47.5 Å². The first-order valence-electron chi connectivity index (χ1n) is 6.68. The predicted molar refractivity (Wildman–Crippen MR) is 91.5 cm³/mol. The zero-order chi connectivity index (χ0) is 15.7. The molecule has 0 saturated carbocycles. The van der Waals surface area contributed by atoms with Crippen molar-refractivity contribution in [2.24, 2.45) is 5.10 Å². The van der Waals surface area contributed by atoms with Crippen molar-refractivity contribution in [3.63, 3.8) is 0 Å². The quantitative estimate of drug-likeness (QED) is 0.728. The third-order valence-electron chi connectivity index (χ3n) is 3.32. The van der Waals surface area contributed by atoms with Crippen LogP contribution in [0.25, 0.3) is 6.08 Å². The molecule has 1 amide bonds. The van der Waals surface area contributed by atoms with Gasteiger partial charge >= 0.3 is 0 Å².